The third-order valence-corrected chi connectivity index (χ3v) is 2.09. The molecule has 0 radical (unpaired) electrons. The van der Waals surface area contributed by atoms with E-state index in [0.29, 0.717) is 6.42 Å². The molecule has 72 valence electrons. The summed E-state index contributed by atoms with van der Waals surface area (Å²) in [5.74, 6) is 0. The maximum atomic E-state index is 10.2. The molecule has 0 saturated heterocycles. The fraction of sp³-hybridized carbons (Fsp3) is 0.600. The fourth-order valence-electron chi connectivity index (χ4n) is 1.37. The molecule has 0 spiro atoms. The summed E-state index contributed by atoms with van der Waals surface area (Å²) in [6.07, 6.45) is 3.32. The molecule has 13 heavy (non-hydrogen) atoms. The second kappa shape index (κ2) is 4.80. The van der Waals surface area contributed by atoms with Gasteiger partial charge in [0.15, 0.2) is 0 Å². The standard InChI is InChI=1S/C10H16N2O/c1-3-9-8-10(6-5-7-13)12(4-2)11-9/h7-8H,3-6H2,1-2H3. The van der Waals surface area contributed by atoms with Crippen LogP contribution < -0.4 is 0 Å². The van der Waals surface area contributed by atoms with Gasteiger partial charge in [-0.3, -0.25) is 4.68 Å². The number of nitrogens with zero attached hydrogens (tertiary/aromatic N) is 2. The summed E-state index contributed by atoms with van der Waals surface area (Å²) in [4.78, 5) is 10.2. The van der Waals surface area contributed by atoms with Crippen LogP contribution in [0.4, 0.5) is 0 Å². The van der Waals surface area contributed by atoms with Gasteiger partial charge in [0.05, 0.1) is 5.69 Å². The van der Waals surface area contributed by atoms with E-state index in [0.717, 1.165) is 31.4 Å². The Hall–Kier alpha value is -1.12. The molecule has 0 bridgehead atoms. The molecule has 0 amide bonds. The highest BCUT2D eigenvalue weighted by molar-refractivity contribution is 5.49. The quantitative estimate of drug-likeness (QED) is 0.645. The average Bonchev–Trinajstić information content (AvgIpc) is 2.57. The predicted octanol–water partition coefficient (Wildman–Crippen LogP) is 1.60. The van der Waals surface area contributed by atoms with Gasteiger partial charge in [0.2, 0.25) is 0 Å². The lowest BCUT2D eigenvalue weighted by Gasteiger charge is -2.00. The maximum absolute atomic E-state index is 10.2. The van der Waals surface area contributed by atoms with E-state index in [1.807, 2.05) is 4.68 Å². The Kier molecular flexibility index (Phi) is 3.68. The summed E-state index contributed by atoms with van der Waals surface area (Å²) in [6, 6.07) is 2.09. The molecule has 1 aromatic heterocycles. The highest BCUT2D eigenvalue weighted by Crippen LogP contribution is 2.07. The van der Waals surface area contributed by atoms with Crippen LogP contribution in [0.3, 0.4) is 0 Å². The molecule has 1 rings (SSSR count). The first-order valence-electron chi connectivity index (χ1n) is 4.81. The molecule has 0 fully saturated rings. The second-order valence-electron chi connectivity index (χ2n) is 3.00. The highest BCUT2D eigenvalue weighted by atomic mass is 16.1. The SMILES string of the molecule is CCc1cc(CCC=O)n(CC)n1. The first-order chi connectivity index (χ1) is 6.31. The molecule has 0 aliphatic rings. The number of carbonyl (C=O) groups excluding carboxylic acids is 1. The second-order valence-corrected chi connectivity index (χ2v) is 3.00. The Bertz CT molecular complexity index is 278. The minimum atomic E-state index is 0.592. The lowest BCUT2D eigenvalue weighted by atomic mass is 10.2. The Morgan fingerprint density at radius 1 is 1.54 bits per heavy atom. The molecule has 0 unspecified atom stereocenters. The fourth-order valence-corrected chi connectivity index (χ4v) is 1.37. The van der Waals surface area contributed by atoms with Crippen LogP contribution >= 0.6 is 0 Å². The van der Waals surface area contributed by atoms with Crippen LogP contribution in [0.1, 0.15) is 31.7 Å². The summed E-state index contributed by atoms with van der Waals surface area (Å²) in [7, 11) is 0. The van der Waals surface area contributed by atoms with E-state index in [9.17, 15) is 4.79 Å². The van der Waals surface area contributed by atoms with Crippen LogP contribution in [0.2, 0.25) is 0 Å². The van der Waals surface area contributed by atoms with Gasteiger partial charge in [0.25, 0.3) is 0 Å². The maximum Gasteiger partial charge on any atom is 0.120 e. The van der Waals surface area contributed by atoms with E-state index in [1.54, 1.807) is 0 Å². The van der Waals surface area contributed by atoms with Gasteiger partial charge in [-0.15, -0.1) is 0 Å². The molecular weight excluding hydrogens is 164 g/mol. The van der Waals surface area contributed by atoms with Gasteiger partial charge < -0.3 is 4.79 Å². The van der Waals surface area contributed by atoms with Crippen molar-refractivity contribution in [3.63, 3.8) is 0 Å². The number of aromatic nitrogens is 2. The molecule has 0 aliphatic carbocycles. The number of aldehydes is 1. The lowest BCUT2D eigenvalue weighted by molar-refractivity contribution is -0.107. The van der Waals surface area contributed by atoms with Crippen molar-refractivity contribution in [2.24, 2.45) is 0 Å². The van der Waals surface area contributed by atoms with Gasteiger partial charge in [-0.1, -0.05) is 6.92 Å². The number of carbonyl (C=O) groups is 1. The third-order valence-electron chi connectivity index (χ3n) is 2.09. The van der Waals surface area contributed by atoms with Crippen LogP contribution in [-0.2, 0) is 24.2 Å². The van der Waals surface area contributed by atoms with Crippen LogP contribution in [0, 0.1) is 0 Å². The van der Waals surface area contributed by atoms with Crippen molar-refractivity contribution in [3.05, 3.63) is 17.5 Å². The van der Waals surface area contributed by atoms with E-state index in [1.165, 1.54) is 5.69 Å². The topological polar surface area (TPSA) is 34.9 Å². The molecule has 3 nitrogen and oxygen atoms in total. The summed E-state index contributed by atoms with van der Waals surface area (Å²) in [6.45, 7) is 5.04. The highest BCUT2D eigenvalue weighted by Gasteiger charge is 2.04. The van der Waals surface area contributed by atoms with Crippen LogP contribution in [-0.4, -0.2) is 16.1 Å². The lowest BCUT2D eigenvalue weighted by Crippen LogP contribution is -2.02. The van der Waals surface area contributed by atoms with Gasteiger partial charge in [-0.2, -0.15) is 5.10 Å². The number of aryl methyl sites for hydroxylation is 3. The molecule has 0 atom stereocenters. The minimum Gasteiger partial charge on any atom is -0.303 e. The van der Waals surface area contributed by atoms with E-state index in [-0.39, 0.29) is 0 Å². The van der Waals surface area contributed by atoms with Crippen molar-refractivity contribution >= 4 is 6.29 Å². The molecule has 0 aromatic carbocycles. The van der Waals surface area contributed by atoms with Gasteiger partial charge in [-0.05, 0) is 25.8 Å². The van der Waals surface area contributed by atoms with E-state index < -0.39 is 0 Å². The molecule has 0 N–H and O–H groups in total. The molecule has 0 aliphatic heterocycles. The minimum absolute atomic E-state index is 0.592. The van der Waals surface area contributed by atoms with Crippen molar-refractivity contribution in [2.45, 2.75) is 39.7 Å². The van der Waals surface area contributed by atoms with Crippen LogP contribution in [0.25, 0.3) is 0 Å². The largest absolute Gasteiger partial charge is 0.303 e. The number of rotatable bonds is 5. The van der Waals surface area contributed by atoms with Gasteiger partial charge >= 0.3 is 0 Å². The Balaban J connectivity index is 2.77. The third kappa shape index (κ3) is 2.41. The first-order valence-corrected chi connectivity index (χ1v) is 4.81. The molecule has 1 heterocycles. The summed E-state index contributed by atoms with van der Waals surface area (Å²) < 4.78 is 1.97. The van der Waals surface area contributed by atoms with E-state index >= 15 is 0 Å². The summed E-state index contributed by atoms with van der Waals surface area (Å²) in [5.41, 5.74) is 2.29. The smallest absolute Gasteiger partial charge is 0.120 e. The van der Waals surface area contributed by atoms with Crippen LogP contribution in [0.15, 0.2) is 6.07 Å². The van der Waals surface area contributed by atoms with Gasteiger partial charge in [-0.25, -0.2) is 0 Å². The van der Waals surface area contributed by atoms with Crippen LogP contribution in [0.5, 0.6) is 0 Å². The van der Waals surface area contributed by atoms with Crippen molar-refractivity contribution in [2.75, 3.05) is 0 Å². The van der Waals surface area contributed by atoms with Crippen molar-refractivity contribution in [1.29, 1.82) is 0 Å². The Labute approximate surface area is 78.8 Å². The summed E-state index contributed by atoms with van der Waals surface area (Å²) >= 11 is 0. The van der Waals surface area contributed by atoms with Crippen molar-refractivity contribution in [3.8, 4) is 0 Å². The number of hydrogen-bond acceptors (Lipinski definition) is 2. The zero-order valence-electron chi connectivity index (χ0n) is 8.29. The molecule has 1 aromatic rings. The Morgan fingerprint density at radius 2 is 2.31 bits per heavy atom. The summed E-state index contributed by atoms with van der Waals surface area (Å²) in [5, 5.41) is 4.40. The monoisotopic (exact) mass is 180 g/mol. The molecule has 0 saturated carbocycles. The predicted molar refractivity (Wildman–Crippen MR) is 51.7 cm³/mol. The molecular formula is C10H16N2O. The zero-order chi connectivity index (χ0) is 9.68. The van der Waals surface area contributed by atoms with Gasteiger partial charge in [0.1, 0.15) is 6.29 Å². The van der Waals surface area contributed by atoms with Gasteiger partial charge in [0, 0.05) is 18.7 Å². The van der Waals surface area contributed by atoms with E-state index in [4.69, 9.17) is 0 Å². The first kappa shape index (κ1) is 9.96. The normalized spacial score (nSPS) is 10.3. The van der Waals surface area contributed by atoms with Crippen molar-refractivity contribution < 1.29 is 4.79 Å². The zero-order valence-corrected chi connectivity index (χ0v) is 8.29. The van der Waals surface area contributed by atoms with E-state index in [2.05, 4.69) is 25.0 Å². The number of hydrogen-bond donors (Lipinski definition) is 0. The molecule has 3 heteroatoms. The average molecular weight is 180 g/mol. The van der Waals surface area contributed by atoms with Crippen molar-refractivity contribution in [1.82, 2.24) is 9.78 Å². The Morgan fingerprint density at radius 3 is 2.85 bits per heavy atom.